The number of nitrogens with zero attached hydrogens (tertiary/aromatic N) is 1. The molecule has 20 heavy (non-hydrogen) atoms. The fourth-order valence-electron chi connectivity index (χ4n) is 2.96. The quantitative estimate of drug-likeness (QED) is 0.837. The number of nitrogens with one attached hydrogen (secondary N) is 1. The van der Waals surface area contributed by atoms with Gasteiger partial charge in [-0.15, -0.1) is 0 Å². The van der Waals surface area contributed by atoms with Gasteiger partial charge in [0.05, 0.1) is 6.61 Å². The van der Waals surface area contributed by atoms with Gasteiger partial charge in [0.15, 0.2) is 11.5 Å². The highest BCUT2D eigenvalue weighted by atomic mass is 16.5. The number of hydrogen-bond acceptors (Lipinski definition) is 4. The first-order valence-electron chi connectivity index (χ1n) is 7.55. The van der Waals surface area contributed by atoms with E-state index in [0.29, 0.717) is 24.0 Å². The molecule has 112 valence electrons. The van der Waals surface area contributed by atoms with Gasteiger partial charge in [-0.05, 0) is 51.9 Å². The fourth-order valence-corrected chi connectivity index (χ4v) is 2.96. The van der Waals surface area contributed by atoms with Gasteiger partial charge in [-0.25, -0.2) is 0 Å². The summed E-state index contributed by atoms with van der Waals surface area (Å²) in [5, 5.41) is 13.5. The molecule has 1 aromatic carbocycles. The topological polar surface area (TPSA) is 44.7 Å². The van der Waals surface area contributed by atoms with E-state index in [9.17, 15) is 5.11 Å². The van der Waals surface area contributed by atoms with Gasteiger partial charge in [0.2, 0.25) is 0 Å². The first-order chi connectivity index (χ1) is 9.74. The van der Waals surface area contributed by atoms with Crippen LogP contribution in [-0.2, 0) is 6.54 Å². The Labute approximate surface area is 121 Å². The zero-order valence-electron chi connectivity index (χ0n) is 12.6. The molecule has 1 aliphatic heterocycles. The van der Waals surface area contributed by atoms with Crippen LogP contribution in [0.2, 0.25) is 0 Å². The molecule has 1 unspecified atom stereocenters. The molecule has 1 aliphatic rings. The van der Waals surface area contributed by atoms with Gasteiger partial charge < -0.3 is 15.2 Å². The molecule has 0 aromatic heterocycles. The summed E-state index contributed by atoms with van der Waals surface area (Å²) in [4.78, 5) is 2.43. The van der Waals surface area contributed by atoms with E-state index in [1.165, 1.54) is 12.8 Å². The molecule has 0 aliphatic carbocycles. The van der Waals surface area contributed by atoms with Crippen molar-refractivity contribution in [2.24, 2.45) is 5.92 Å². The van der Waals surface area contributed by atoms with Crippen molar-refractivity contribution in [3.05, 3.63) is 23.8 Å². The van der Waals surface area contributed by atoms with Crippen molar-refractivity contribution < 1.29 is 9.84 Å². The predicted molar refractivity (Wildman–Crippen MR) is 81.2 cm³/mol. The highest BCUT2D eigenvalue weighted by Crippen LogP contribution is 2.31. The molecule has 1 saturated heterocycles. The summed E-state index contributed by atoms with van der Waals surface area (Å²) in [5.74, 6) is 1.60. The van der Waals surface area contributed by atoms with E-state index in [0.717, 1.165) is 31.7 Å². The number of phenols is 1. The van der Waals surface area contributed by atoms with E-state index in [1.807, 2.05) is 32.2 Å². The summed E-state index contributed by atoms with van der Waals surface area (Å²) in [6, 6.07) is 5.76. The third kappa shape index (κ3) is 3.87. The SMILES string of the molecule is CCOc1cccc(CN2CCCC(CNC)C2)c1O. The zero-order valence-corrected chi connectivity index (χ0v) is 12.6. The highest BCUT2D eigenvalue weighted by molar-refractivity contribution is 5.45. The minimum atomic E-state index is 0.296. The Balaban J connectivity index is 2.00. The van der Waals surface area contributed by atoms with Crippen molar-refractivity contribution in [1.82, 2.24) is 10.2 Å². The smallest absolute Gasteiger partial charge is 0.162 e. The number of piperidine rings is 1. The Hall–Kier alpha value is -1.26. The lowest BCUT2D eigenvalue weighted by Gasteiger charge is -2.32. The molecule has 1 atom stereocenters. The van der Waals surface area contributed by atoms with Gasteiger partial charge in [0.1, 0.15) is 0 Å². The summed E-state index contributed by atoms with van der Waals surface area (Å²) in [7, 11) is 2.01. The third-order valence-electron chi connectivity index (χ3n) is 3.87. The number of aromatic hydroxyl groups is 1. The van der Waals surface area contributed by atoms with Crippen molar-refractivity contribution in [2.75, 3.05) is 33.3 Å². The number of para-hydroxylation sites is 1. The van der Waals surface area contributed by atoms with Crippen molar-refractivity contribution >= 4 is 0 Å². The predicted octanol–water partition coefficient (Wildman–Crippen LogP) is 2.22. The number of ether oxygens (including phenoxy) is 1. The van der Waals surface area contributed by atoms with Gasteiger partial charge in [-0.3, -0.25) is 4.90 Å². The molecular weight excluding hydrogens is 252 g/mol. The molecule has 1 fully saturated rings. The van der Waals surface area contributed by atoms with E-state index >= 15 is 0 Å². The molecule has 1 heterocycles. The van der Waals surface area contributed by atoms with Gasteiger partial charge in [-0.2, -0.15) is 0 Å². The van der Waals surface area contributed by atoms with Crippen LogP contribution < -0.4 is 10.1 Å². The maximum Gasteiger partial charge on any atom is 0.162 e. The summed E-state index contributed by atoms with van der Waals surface area (Å²) in [5.41, 5.74) is 0.959. The van der Waals surface area contributed by atoms with Crippen LogP contribution in [0.15, 0.2) is 18.2 Å². The van der Waals surface area contributed by atoms with Gasteiger partial charge in [0.25, 0.3) is 0 Å². The van der Waals surface area contributed by atoms with Crippen LogP contribution in [0.5, 0.6) is 11.5 Å². The largest absolute Gasteiger partial charge is 0.504 e. The van der Waals surface area contributed by atoms with Crippen molar-refractivity contribution in [3.8, 4) is 11.5 Å². The van der Waals surface area contributed by atoms with Crippen LogP contribution in [0.1, 0.15) is 25.3 Å². The van der Waals surface area contributed by atoms with Crippen molar-refractivity contribution in [3.63, 3.8) is 0 Å². The van der Waals surface area contributed by atoms with Crippen LogP contribution in [0.25, 0.3) is 0 Å². The van der Waals surface area contributed by atoms with E-state index < -0.39 is 0 Å². The van der Waals surface area contributed by atoms with Crippen LogP contribution >= 0.6 is 0 Å². The fraction of sp³-hybridized carbons (Fsp3) is 0.625. The van der Waals surface area contributed by atoms with E-state index in [2.05, 4.69) is 10.2 Å². The lowest BCUT2D eigenvalue weighted by molar-refractivity contribution is 0.165. The molecule has 0 amide bonds. The second-order valence-corrected chi connectivity index (χ2v) is 5.50. The zero-order chi connectivity index (χ0) is 14.4. The molecule has 0 spiro atoms. The number of rotatable bonds is 6. The molecule has 0 saturated carbocycles. The van der Waals surface area contributed by atoms with Crippen molar-refractivity contribution in [1.29, 1.82) is 0 Å². The Morgan fingerprint density at radius 2 is 2.30 bits per heavy atom. The normalized spacial score (nSPS) is 20.0. The second kappa shape index (κ2) is 7.50. The number of phenolic OH excluding ortho intramolecular Hbond substituents is 1. The molecule has 1 aromatic rings. The van der Waals surface area contributed by atoms with E-state index in [1.54, 1.807) is 0 Å². The lowest BCUT2D eigenvalue weighted by Crippen LogP contribution is -2.38. The summed E-state index contributed by atoms with van der Waals surface area (Å²) in [6.45, 7) is 6.58. The second-order valence-electron chi connectivity index (χ2n) is 5.50. The Morgan fingerprint density at radius 3 is 3.05 bits per heavy atom. The van der Waals surface area contributed by atoms with Crippen LogP contribution in [0.3, 0.4) is 0 Å². The number of benzene rings is 1. The highest BCUT2D eigenvalue weighted by Gasteiger charge is 2.20. The molecule has 4 nitrogen and oxygen atoms in total. The molecule has 2 N–H and O–H groups in total. The van der Waals surface area contributed by atoms with Gasteiger partial charge in [-0.1, -0.05) is 12.1 Å². The first kappa shape index (κ1) is 15.1. The Bertz CT molecular complexity index is 421. The minimum Gasteiger partial charge on any atom is -0.504 e. The average molecular weight is 278 g/mol. The maximum absolute atomic E-state index is 10.3. The summed E-state index contributed by atoms with van der Waals surface area (Å²) < 4.78 is 5.45. The van der Waals surface area contributed by atoms with E-state index in [-0.39, 0.29) is 0 Å². The van der Waals surface area contributed by atoms with Crippen molar-refractivity contribution in [2.45, 2.75) is 26.3 Å². The standard InChI is InChI=1S/C16H26N2O2/c1-3-20-15-8-4-7-14(16(15)19)12-18-9-5-6-13(11-18)10-17-2/h4,7-8,13,17,19H,3,5-6,9-12H2,1-2H3. The number of likely N-dealkylation sites (tertiary alicyclic amines) is 1. The van der Waals surface area contributed by atoms with Crippen LogP contribution in [-0.4, -0.2) is 43.3 Å². The summed E-state index contributed by atoms with van der Waals surface area (Å²) >= 11 is 0. The maximum atomic E-state index is 10.3. The first-order valence-corrected chi connectivity index (χ1v) is 7.55. The van der Waals surface area contributed by atoms with Crippen LogP contribution in [0, 0.1) is 5.92 Å². The molecule has 4 heteroatoms. The summed E-state index contributed by atoms with van der Waals surface area (Å²) in [6.07, 6.45) is 2.53. The Morgan fingerprint density at radius 1 is 1.45 bits per heavy atom. The molecule has 2 rings (SSSR count). The lowest BCUT2D eigenvalue weighted by atomic mass is 9.97. The van der Waals surface area contributed by atoms with Gasteiger partial charge in [0, 0.05) is 18.7 Å². The van der Waals surface area contributed by atoms with Gasteiger partial charge >= 0.3 is 0 Å². The minimum absolute atomic E-state index is 0.296. The number of hydrogen-bond donors (Lipinski definition) is 2. The molecule has 0 bridgehead atoms. The molecule has 0 radical (unpaired) electrons. The average Bonchev–Trinajstić information content (AvgIpc) is 2.44. The van der Waals surface area contributed by atoms with E-state index in [4.69, 9.17) is 4.74 Å². The van der Waals surface area contributed by atoms with Crippen LogP contribution in [0.4, 0.5) is 0 Å². The molecular formula is C16H26N2O2. The third-order valence-corrected chi connectivity index (χ3v) is 3.87. The Kier molecular flexibility index (Phi) is 5.68. The monoisotopic (exact) mass is 278 g/mol.